The van der Waals surface area contributed by atoms with Gasteiger partial charge in [0.2, 0.25) is 0 Å². The van der Waals surface area contributed by atoms with Crippen molar-refractivity contribution in [1.82, 2.24) is 4.98 Å². The van der Waals surface area contributed by atoms with E-state index in [4.69, 9.17) is 5.84 Å². The molecule has 0 amide bonds. The number of nitrogens with two attached hydrogens (primary N) is 1. The Labute approximate surface area is 90.2 Å². The van der Waals surface area contributed by atoms with Crippen molar-refractivity contribution in [3.05, 3.63) is 18.2 Å². The minimum Gasteiger partial charge on any atom is -0.369 e. The van der Waals surface area contributed by atoms with Gasteiger partial charge in [0.25, 0.3) is 0 Å². The molecule has 0 atom stereocenters. The number of hydrazine groups is 1. The number of nitrogen functional groups attached to an aromatic ring is 1. The molecule has 1 fully saturated rings. The van der Waals surface area contributed by atoms with Gasteiger partial charge in [0.1, 0.15) is 11.6 Å². The van der Waals surface area contributed by atoms with E-state index in [9.17, 15) is 0 Å². The summed E-state index contributed by atoms with van der Waals surface area (Å²) in [5.74, 6) is 6.89. The lowest BCUT2D eigenvalue weighted by Crippen LogP contribution is -2.16. The van der Waals surface area contributed by atoms with Crippen LogP contribution in [0.1, 0.15) is 26.2 Å². The maximum Gasteiger partial charge on any atom is 0.142 e. The van der Waals surface area contributed by atoms with Crippen LogP contribution in [0, 0.1) is 5.41 Å². The molecule has 4 heteroatoms. The fraction of sp³-hybridized carbons (Fsp3) is 0.545. The molecule has 1 aromatic heterocycles. The third-order valence-electron chi connectivity index (χ3n) is 3.25. The van der Waals surface area contributed by atoms with E-state index >= 15 is 0 Å². The van der Waals surface area contributed by atoms with Gasteiger partial charge in [-0.2, -0.15) is 0 Å². The monoisotopic (exact) mass is 206 g/mol. The topological polar surface area (TPSA) is 63.0 Å². The minimum atomic E-state index is 0.536. The largest absolute Gasteiger partial charge is 0.369 e. The highest BCUT2D eigenvalue weighted by Crippen LogP contribution is 2.48. The van der Waals surface area contributed by atoms with Crippen molar-refractivity contribution in [2.75, 3.05) is 17.3 Å². The molecule has 4 nitrogen and oxygen atoms in total. The number of aromatic nitrogens is 1. The maximum atomic E-state index is 5.30. The Hall–Kier alpha value is -1.29. The molecule has 1 saturated carbocycles. The molecule has 82 valence electrons. The number of rotatable bonds is 5. The Bertz CT molecular complexity index is 333. The number of anilines is 2. The first-order chi connectivity index (χ1) is 7.28. The van der Waals surface area contributed by atoms with Gasteiger partial charge in [-0.3, -0.25) is 0 Å². The van der Waals surface area contributed by atoms with Crippen LogP contribution in [0.5, 0.6) is 0 Å². The van der Waals surface area contributed by atoms with E-state index < -0.39 is 0 Å². The molecule has 0 aliphatic heterocycles. The predicted molar refractivity (Wildman–Crippen MR) is 62.5 cm³/mol. The summed E-state index contributed by atoms with van der Waals surface area (Å²) in [6.45, 7) is 3.27. The molecule has 2 rings (SSSR count). The number of pyridine rings is 1. The summed E-state index contributed by atoms with van der Waals surface area (Å²) in [5, 5.41) is 3.37. The van der Waals surface area contributed by atoms with Crippen molar-refractivity contribution >= 4 is 11.6 Å². The van der Waals surface area contributed by atoms with Crippen LogP contribution in [0.15, 0.2) is 18.2 Å². The molecule has 0 radical (unpaired) electrons. The van der Waals surface area contributed by atoms with Gasteiger partial charge >= 0.3 is 0 Å². The lowest BCUT2D eigenvalue weighted by molar-refractivity contribution is 0.521. The second-order valence-corrected chi connectivity index (χ2v) is 4.26. The Morgan fingerprint density at radius 1 is 1.40 bits per heavy atom. The normalized spacial score (nSPS) is 17.2. The Kier molecular flexibility index (Phi) is 2.77. The van der Waals surface area contributed by atoms with E-state index in [0.29, 0.717) is 11.2 Å². The van der Waals surface area contributed by atoms with E-state index in [1.54, 1.807) is 0 Å². The van der Waals surface area contributed by atoms with Crippen molar-refractivity contribution in [3.8, 4) is 0 Å². The van der Waals surface area contributed by atoms with Crippen molar-refractivity contribution < 1.29 is 0 Å². The Balaban J connectivity index is 1.93. The van der Waals surface area contributed by atoms with Crippen molar-refractivity contribution in [1.29, 1.82) is 0 Å². The van der Waals surface area contributed by atoms with E-state index in [1.165, 1.54) is 19.3 Å². The highest BCUT2D eigenvalue weighted by atomic mass is 15.3. The van der Waals surface area contributed by atoms with Gasteiger partial charge in [0.05, 0.1) is 0 Å². The summed E-state index contributed by atoms with van der Waals surface area (Å²) in [5.41, 5.74) is 3.08. The molecular formula is C11H18N4. The van der Waals surface area contributed by atoms with Gasteiger partial charge in [-0.25, -0.2) is 10.8 Å². The number of hydrogen-bond donors (Lipinski definition) is 3. The second-order valence-electron chi connectivity index (χ2n) is 4.26. The third kappa shape index (κ3) is 2.39. The lowest BCUT2D eigenvalue weighted by Gasteiger charge is -2.14. The third-order valence-corrected chi connectivity index (χ3v) is 3.25. The van der Waals surface area contributed by atoms with E-state index in [2.05, 4.69) is 22.7 Å². The average Bonchev–Trinajstić information content (AvgIpc) is 3.07. The Morgan fingerprint density at radius 2 is 2.13 bits per heavy atom. The van der Waals surface area contributed by atoms with Crippen LogP contribution >= 0.6 is 0 Å². The van der Waals surface area contributed by atoms with Gasteiger partial charge in [0, 0.05) is 6.54 Å². The first-order valence-electron chi connectivity index (χ1n) is 5.45. The molecule has 15 heavy (non-hydrogen) atoms. The van der Waals surface area contributed by atoms with Gasteiger partial charge < -0.3 is 10.7 Å². The quantitative estimate of drug-likeness (QED) is 0.509. The molecule has 0 unspecified atom stereocenters. The second kappa shape index (κ2) is 4.06. The van der Waals surface area contributed by atoms with Crippen molar-refractivity contribution in [2.45, 2.75) is 26.2 Å². The molecule has 1 heterocycles. The van der Waals surface area contributed by atoms with Crippen LogP contribution in [0.2, 0.25) is 0 Å². The summed E-state index contributed by atoms with van der Waals surface area (Å²) in [6.07, 6.45) is 3.92. The van der Waals surface area contributed by atoms with E-state index in [0.717, 1.165) is 12.4 Å². The molecule has 0 spiro atoms. The Morgan fingerprint density at radius 3 is 2.73 bits per heavy atom. The van der Waals surface area contributed by atoms with Gasteiger partial charge in [-0.1, -0.05) is 13.0 Å². The van der Waals surface area contributed by atoms with Gasteiger partial charge in [0.15, 0.2) is 0 Å². The SMILES string of the molecule is CCC1(CNc2cccc(NN)n2)CC1. The summed E-state index contributed by atoms with van der Waals surface area (Å²) >= 11 is 0. The highest BCUT2D eigenvalue weighted by molar-refractivity contribution is 5.44. The average molecular weight is 206 g/mol. The van der Waals surface area contributed by atoms with Crippen LogP contribution < -0.4 is 16.6 Å². The van der Waals surface area contributed by atoms with Gasteiger partial charge in [-0.05, 0) is 36.8 Å². The molecule has 1 aliphatic carbocycles. The smallest absolute Gasteiger partial charge is 0.142 e. The maximum absolute atomic E-state index is 5.30. The standard InChI is InChI=1S/C11H18N4/c1-2-11(6-7-11)8-13-9-4-3-5-10(14-9)15-12/h3-5H,2,6-8,12H2,1H3,(H2,13,14,15). The molecule has 0 saturated heterocycles. The molecular weight excluding hydrogens is 188 g/mol. The van der Waals surface area contributed by atoms with Crippen LogP contribution in [0.3, 0.4) is 0 Å². The molecule has 0 aromatic carbocycles. The summed E-state index contributed by atoms with van der Waals surface area (Å²) < 4.78 is 0. The van der Waals surface area contributed by atoms with Crippen LogP contribution in [-0.4, -0.2) is 11.5 Å². The summed E-state index contributed by atoms with van der Waals surface area (Å²) in [6, 6.07) is 5.75. The first kappa shape index (κ1) is 10.2. The van der Waals surface area contributed by atoms with Crippen molar-refractivity contribution in [2.24, 2.45) is 11.3 Å². The minimum absolute atomic E-state index is 0.536. The number of hydrogen-bond acceptors (Lipinski definition) is 4. The zero-order valence-electron chi connectivity index (χ0n) is 9.09. The van der Waals surface area contributed by atoms with E-state index in [1.807, 2.05) is 18.2 Å². The van der Waals surface area contributed by atoms with Crippen LogP contribution in [-0.2, 0) is 0 Å². The number of nitrogens with one attached hydrogen (secondary N) is 2. The molecule has 1 aromatic rings. The van der Waals surface area contributed by atoms with Crippen LogP contribution in [0.25, 0.3) is 0 Å². The fourth-order valence-electron chi connectivity index (χ4n) is 1.72. The highest BCUT2D eigenvalue weighted by Gasteiger charge is 2.40. The molecule has 1 aliphatic rings. The summed E-state index contributed by atoms with van der Waals surface area (Å²) in [7, 11) is 0. The predicted octanol–water partition coefficient (Wildman–Crippen LogP) is 1.97. The first-order valence-corrected chi connectivity index (χ1v) is 5.45. The van der Waals surface area contributed by atoms with Gasteiger partial charge in [-0.15, -0.1) is 0 Å². The fourth-order valence-corrected chi connectivity index (χ4v) is 1.72. The molecule has 0 bridgehead atoms. The lowest BCUT2D eigenvalue weighted by atomic mass is 10.0. The van der Waals surface area contributed by atoms with Crippen LogP contribution in [0.4, 0.5) is 11.6 Å². The van der Waals surface area contributed by atoms with Crippen molar-refractivity contribution in [3.63, 3.8) is 0 Å². The van der Waals surface area contributed by atoms with E-state index in [-0.39, 0.29) is 0 Å². The summed E-state index contributed by atoms with van der Waals surface area (Å²) in [4.78, 5) is 4.31. The molecule has 4 N–H and O–H groups in total. The number of nitrogens with zero attached hydrogens (tertiary/aromatic N) is 1. The zero-order chi connectivity index (χ0) is 10.7. The zero-order valence-corrected chi connectivity index (χ0v) is 9.09.